The number of carboxylic acids is 1. The first-order valence-corrected chi connectivity index (χ1v) is 10.3. The number of carbonyl (C=O) groups excluding carboxylic acids is 1. The van der Waals surface area contributed by atoms with Gasteiger partial charge in [-0.1, -0.05) is 30.3 Å². The number of morpholine rings is 1. The number of methoxy groups -OCH3 is 1. The van der Waals surface area contributed by atoms with Gasteiger partial charge >= 0.3 is 12.1 Å². The molecule has 0 aromatic heterocycles. The van der Waals surface area contributed by atoms with E-state index in [1.165, 1.54) is 5.56 Å². The lowest BCUT2D eigenvalue weighted by Gasteiger charge is -2.32. The average molecular weight is 466 g/mol. The number of nitrogens with one attached hydrogen (secondary N) is 1. The van der Waals surface area contributed by atoms with E-state index in [9.17, 15) is 18.0 Å². The van der Waals surface area contributed by atoms with Crippen LogP contribution in [0, 0.1) is 5.92 Å². The number of rotatable bonds is 5. The maximum absolute atomic E-state index is 12.7. The minimum absolute atomic E-state index is 0.0388. The fourth-order valence-electron chi connectivity index (χ4n) is 3.93. The number of carboxylic acid groups (broad SMARTS) is 1. The lowest BCUT2D eigenvalue weighted by molar-refractivity contribution is -0.192. The summed E-state index contributed by atoms with van der Waals surface area (Å²) in [5.74, 6) is -1.91. The number of para-hydroxylation sites is 1. The first-order chi connectivity index (χ1) is 15.7. The van der Waals surface area contributed by atoms with Gasteiger partial charge in [0.15, 0.2) is 0 Å². The summed E-state index contributed by atoms with van der Waals surface area (Å²) in [5.41, 5.74) is 2.06. The van der Waals surface area contributed by atoms with Crippen LogP contribution in [0.15, 0.2) is 54.6 Å². The standard InChI is InChI=1S/C21H24N2O3.C2HF3O2/c1-25-17-9-5-6-15(10-17)12-23-13-18-11-19(20(14-23)26-18)21(24)22-16-7-3-2-4-8-16;3-2(4,5)1(6)7/h2-10,18-20H,11-14H2,1H3,(H,22,24);(H,6,7)/t18-,19+,20-;/m1./s1. The van der Waals surface area contributed by atoms with Crippen LogP contribution in [0.4, 0.5) is 18.9 Å². The summed E-state index contributed by atoms with van der Waals surface area (Å²) in [6.45, 7) is 2.49. The number of carbonyl (C=O) groups is 2. The molecule has 0 spiro atoms. The largest absolute Gasteiger partial charge is 0.497 e. The van der Waals surface area contributed by atoms with Gasteiger partial charge in [0.05, 0.1) is 25.2 Å². The predicted molar refractivity (Wildman–Crippen MR) is 114 cm³/mol. The van der Waals surface area contributed by atoms with E-state index in [0.29, 0.717) is 0 Å². The molecule has 0 radical (unpaired) electrons. The molecule has 4 rings (SSSR count). The van der Waals surface area contributed by atoms with Gasteiger partial charge in [0.25, 0.3) is 0 Å². The van der Waals surface area contributed by atoms with Gasteiger partial charge in [-0.05, 0) is 36.2 Å². The molecule has 2 fully saturated rings. The number of fused-ring (bicyclic) bond motifs is 2. The van der Waals surface area contributed by atoms with Gasteiger partial charge in [-0.25, -0.2) is 4.79 Å². The van der Waals surface area contributed by atoms with Crippen molar-refractivity contribution < 1.29 is 37.3 Å². The Balaban J connectivity index is 0.000000383. The number of aliphatic carboxylic acids is 1. The van der Waals surface area contributed by atoms with Crippen LogP contribution in [0.2, 0.25) is 0 Å². The molecule has 0 unspecified atom stereocenters. The molecule has 10 heteroatoms. The maximum atomic E-state index is 12.7. The fourth-order valence-corrected chi connectivity index (χ4v) is 3.93. The van der Waals surface area contributed by atoms with Crippen molar-refractivity contribution in [1.29, 1.82) is 0 Å². The molecular weight excluding hydrogens is 441 g/mol. The number of likely N-dealkylation sites (tertiary alicyclic amines) is 1. The molecule has 2 N–H and O–H groups in total. The maximum Gasteiger partial charge on any atom is 0.490 e. The summed E-state index contributed by atoms with van der Waals surface area (Å²) in [5, 5.41) is 10.1. The molecular formula is C23H25F3N2O5. The molecule has 7 nitrogen and oxygen atoms in total. The number of nitrogens with zero attached hydrogens (tertiary/aromatic N) is 1. The predicted octanol–water partition coefficient (Wildman–Crippen LogP) is 3.56. The van der Waals surface area contributed by atoms with E-state index in [0.717, 1.165) is 37.5 Å². The van der Waals surface area contributed by atoms with Gasteiger partial charge in [-0.3, -0.25) is 9.69 Å². The third-order valence-corrected chi connectivity index (χ3v) is 5.39. The summed E-state index contributed by atoms with van der Waals surface area (Å²) in [4.78, 5) is 24.0. The highest BCUT2D eigenvalue weighted by Crippen LogP contribution is 2.33. The van der Waals surface area contributed by atoms with Crippen molar-refractivity contribution >= 4 is 17.6 Å². The molecule has 1 amide bonds. The Kier molecular flexibility index (Phi) is 7.93. The number of hydrogen-bond acceptors (Lipinski definition) is 5. The molecule has 2 aromatic carbocycles. The molecule has 2 heterocycles. The lowest BCUT2D eigenvalue weighted by atomic mass is 9.99. The molecule has 3 atom stereocenters. The third kappa shape index (κ3) is 6.93. The number of alkyl halides is 3. The van der Waals surface area contributed by atoms with Gasteiger partial charge in [0, 0.05) is 25.3 Å². The van der Waals surface area contributed by atoms with E-state index >= 15 is 0 Å². The Bertz CT molecular complexity index is 955. The Morgan fingerprint density at radius 3 is 2.48 bits per heavy atom. The monoisotopic (exact) mass is 466 g/mol. The topological polar surface area (TPSA) is 88.1 Å². The van der Waals surface area contributed by atoms with Crippen LogP contribution in [0.5, 0.6) is 5.75 Å². The second kappa shape index (κ2) is 10.7. The smallest absolute Gasteiger partial charge is 0.490 e. The van der Waals surface area contributed by atoms with Gasteiger partial charge in [0.1, 0.15) is 5.75 Å². The second-order valence-corrected chi connectivity index (χ2v) is 7.84. The van der Waals surface area contributed by atoms with Gasteiger partial charge in [-0.15, -0.1) is 0 Å². The summed E-state index contributed by atoms with van der Waals surface area (Å²) in [6, 6.07) is 17.8. The number of anilines is 1. The molecule has 33 heavy (non-hydrogen) atoms. The van der Waals surface area contributed by atoms with Gasteiger partial charge in [-0.2, -0.15) is 13.2 Å². The minimum Gasteiger partial charge on any atom is -0.497 e. The van der Waals surface area contributed by atoms with Crippen molar-refractivity contribution in [2.45, 2.75) is 31.3 Å². The zero-order valence-electron chi connectivity index (χ0n) is 17.9. The van der Waals surface area contributed by atoms with Crippen LogP contribution >= 0.6 is 0 Å². The minimum atomic E-state index is -5.08. The van der Waals surface area contributed by atoms with Crippen molar-refractivity contribution in [2.75, 3.05) is 25.5 Å². The Labute approximate surface area is 189 Å². The number of amides is 1. The quantitative estimate of drug-likeness (QED) is 0.701. The number of hydrogen-bond donors (Lipinski definition) is 2. The van der Waals surface area contributed by atoms with Crippen LogP contribution in [0.3, 0.4) is 0 Å². The van der Waals surface area contributed by atoms with Gasteiger partial charge < -0.3 is 19.9 Å². The Morgan fingerprint density at radius 1 is 1.15 bits per heavy atom. The zero-order chi connectivity index (χ0) is 24.0. The molecule has 2 aliphatic rings. The van der Waals surface area contributed by atoms with Crippen LogP contribution in [0.25, 0.3) is 0 Å². The number of ether oxygens (including phenoxy) is 2. The molecule has 2 aromatic rings. The Morgan fingerprint density at radius 2 is 1.85 bits per heavy atom. The molecule has 0 saturated carbocycles. The molecule has 2 bridgehead atoms. The molecule has 2 saturated heterocycles. The number of benzene rings is 2. The van der Waals surface area contributed by atoms with Crippen LogP contribution in [-0.2, 0) is 20.9 Å². The summed E-state index contributed by atoms with van der Waals surface area (Å²) < 4.78 is 43.1. The second-order valence-electron chi connectivity index (χ2n) is 7.84. The van der Waals surface area contributed by atoms with Crippen LogP contribution in [0.1, 0.15) is 12.0 Å². The highest BCUT2D eigenvalue weighted by molar-refractivity contribution is 5.93. The third-order valence-electron chi connectivity index (χ3n) is 5.39. The lowest BCUT2D eigenvalue weighted by Crippen LogP contribution is -2.44. The SMILES string of the molecule is COc1cccc(CN2C[C@H]3C[C@H](C(=O)Nc4ccccc4)[C@@H](C2)O3)c1.O=C(O)C(F)(F)F. The highest BCUT2D eigenvalue weighted by atomic mass is 19.4. The first kappa shape index (κ1) is 24.5. The molecule has 2 aliphatic heterocycles. The summed E-state index contributed by atoms with van der Waals surface area (Å²) in [6.07, 6.45) is -4.20. The van der Waals surface area contributed by atoms with E-state index in [-0.39, 0.29) is 24.0 Å². The van der Waals surface area contributed by atoms with Crippen molar-refractivity contribution in [1.82, 2.24) is 4.90 Å². The zero-order valence-corrected chi connectivity index (χ0v) is 17.9. The van der Waals surface area contributed by atoms with Crippen molar-refractivity contribution in [2.24, 2.45) is 5.92 Å². The van der Waals surface area contributed by atoms with Gasteiger partial charge in [0.2, 0.25) is 5.91 Å². The molecule has 0 aliphatic carbocycles. The summed E-state index contributed by atoms with van der Waals surface area (Å²) in [7, 11) is 1.68. The van der Waals surface area contributed by atoms with Crippen molar-refractivity contribution in [3.63, 3.8) is 0 Å². The first-order valence-electron chi connectivity index (χ1n) is 10.3. The van der Waals surface area contributed by atoms with Crippen LogP contribution < -0.4 is 10.1 Å². The van der Waals surface area contributed by atoms with E-state index in [1.807, 2.05) is 42.5 Å². The Hall–Kier alpha value is -3.11. The molecule has 178 valence electrons. The normalized spacial score (nSPS) is 22.1. The van der Waals surface area contributed by atoms with E-state index in [2.05, 4.69) is 22.3 Å². The highest BCUT2D eigenvalue weighted by Gasteiger charge is 2.44. The van der Waals surface area contributed by atoms with Crippen molar-refractivity contribution in [3.05, 3.63) is 60.2 Å². The average Bonchev–Trinajstić information content (AvgIpc) is 3.08. The van der Waals surface area contributed by atoms with E-state index in [4.69, 9.17) is 19.4 Å². The summed E-state index contributed by atoms with van der Waals surface area (Å²) >= 11 is 0. The van der Waals surface area contributed by atoms with E-state index in [1.54, 1.807) is 7.11 Å². The van der Waals surface area contributed by atoms with E-state index < -0.39 is 12.1 Å². The van der Waals surface area contributed by atoms with Crippen molar-refractivity contribution in [3.8, 4) is 5.75 Å². The van der Waals surface area contributed by atoms with Crippen LogP contribution in [-0.4, -0.2) is 60.5 Å². The fraction of sp³-hybridized carbons (Fsp3) is 0.391. The number of halogens is 3.